The van der Waals surface area contributed by atoms with Crippen molar-refractivity contribution in [1.82, 2.24) is 0 Å². The van der Waals surface area contributed by atoms with E-state index >= 15 is 0 Å². The second kappa shape index (κ2) is 5.89. The van der Waals surface area contributed by atoms with E-state index in [2.05, 4.69) is 5.32 Å². The normalized spacial score (nSPS) is 12.6. The summed E-state index contributed by atoms with van der Waals surface area (Å²) >= 11 is 0. The van der Waals surface area contributed by atoms with Crippen molar-refractivity contribution >= 4 is 5.69 Å². The molecule has 1 rings (SSSR count). The predicted octanol–water partition coefficient (Wildman–Crippen LogP) is 4.09. The van der Waals surface area contributed by atoms with Crippen LogP contribution in [0.15, 0.2) is 6.07 Å². The molecule has 0 amide bonds. The van der Waals surface area contributed by atoms with E-state index in [0.29, 0.717) is 0 Å². The molecule has 0 aliphatic carbocycles. The molecule has 96 valence electrons. The van der Waals surface area contributed by atoms with Crippen LogP contribution in [0.1, 0.15) is 26.7 Å². The Labute approximate surface area is 97.8 Å². The Kier molecular flexibility index (Phi) is 4.78. The van der Waals surface area contributed by atoms with Gasteiger partial charge in [0.15, 0.2) is 23.3 Å². The van der Waals surface area contributed by atoms with E-state index in [0.717, 1.165) is 12.8 Å². The lowest BCUT2D eigenvalue weighted by Crippen LogP contribution is -2.14. The van der Waals surface area contributed by atoms with Crippen molar-refractivity contribution in [1.29, 1.82) is 0 Å². The Hall–Kier alpha value is -1.26. The molecular weight excluding hydrogens is 234 g/mol. The largest absolute Gasteiger partial charge is 0.380 e. The molecule has 0 heterocycles. The fourth-order valence-corrected chi connectivity index (χ4v) is 1.60. The summed E-state index contributed by atoms with van der Waals surface area (Å²) in [6.07, 6.45) is 1.80. The molecule has 5 heteroatoms. The van der Waals surface area contributed by atoms with Crippen LogP contribution in [-0.4, -0.2) is 6.54 Å². The van der Waals surface area contributed by atoms with Gasteiger partial charge in [-0.1, -0.05) is 20.3 Å². The van der Waals surface area contributed by atoms with E-state index in [-0.39, 0.29) is 18.5 Å². The predicted molar refractivity (Wildman–Crippen MR) is 58.8 cm³/mol. The molecule has 1 unspecified atom stereocenters. The number of hydrogen-bond acceptors (Lipinski definition) is 1. The zero-order valence-electron chi connectivity index (χ0n) is 9.79. The minimum absolute atomic E-state index is 0.171. The summed E-state index contributed by atoms with van der Waals surface area (Å²) in [7, 11) is 0. The molecule has 0 aliphatic heterocycles. The van der Waals surface area contributed by atoms with E-state index in [1.807, 2.05) is 13.8 Å². The zero-order chi connectivity index (χ0) is 13.0. The van der Waals surface area contributed by atoms with E-state index in [9.17, 15) is 17.6 Å². The highest BCUT2D eigenvalue weighted by atomic mass is 19.2. The standard InChI is InChI=1S/C12H15F4N/c1-3-4-7(2)6-17-12-10(15)8(13)5-9(14)11(12)16/h5,7,17H,3-4,6H2,1-2H3. The summed E-state index contributed by atoms with van der Waals surface area (Å²) in [6, 6.07) is 0.200. The monoisotopic (exact) mass is 249 g/mol. The number of nitrogens with one attached hydrogen (secondary N) is 1. The van der Waals surface area contributed by atoms with E-state index in [4.69, 9.17) is 0 Å². The third-order valence-electron chi connectivity index (χ3n) is 2.52. The summed E-state index contributed by atoms with van der Waals surface area (Å²) in [5, 5.41) is 2.42. The van der Waals surface area contributed by atoms with Gasteiger partial charge in [0.1, 0.15) is 5.69 Å². The van der Waals surface area contributed by atoms with Crippen molar-refractivity contribution in [2.24, 2.45) is 5.92 Å². The quantitative estimate of drug-likeness (QED) is 0.612. The molecule has 0 saturated heterocycles. The second-order valence-electron chi connectivity index (χ2n) is 4.12. The molecule has 0 aromatic heterocycles. The molecular formula is C12H15F4N. The molecule has 0 aliphatic rings. The third-order valence-corrected chi connectivity index (χ3v) is 2.52. The van der Waals surface area contributed by atoms with Crippen molar-refractivity contribution in [2.75, 3.05) is 11.9 Å². The van der Waals surface area contributed by atoms with Gasteiger partial charge in [0, 0.05) is 12.6 Å². The number of halogens is 4. The van der Waals surface area contributed by atoms with E-state index in [1.54, 1.807) is 0 Å². The number of hydrogen-bond donors (Lipinski definition) is 1. The average Bonchev–Trinajstić information content (AvgIpc) is 2.27. The molecule has 0 bridgehead atoms. The maximum absolute atomic E-state index is 13.2. The van der Waals surface area contributed by atoms with Gasteiger partial charge in [-0.05, 0) is 12.3 Å². The number of benzene rings is 1. The van der Waals surface area contributed by atoms with Crippen molar-refractivity contribution in [2.45, 2.75) is 26.7 Å². The lowest BCUT2D eigenvalue weighted by Gasteiger charge is -2.14. The van der Waals surface area contributed by atoms with Crippen LogP contribution in [-0.2, 0) is 0 Å². The van der Waals surface area contributed by atoms with Crippen molar-refractivity contribution < 1.29 is 17.6 Å². The summed E-state index contributed by atoms with van der Waals surface area (Å²) in [5.74, 6) is -5.38. The fraction of sp³-hybridized carbons (Fsp3) is 0.500. The first kappa shape index (κ1) is 13.8. The van der Waals surface area contributed by atoms with Crippen molar-refractivity contribution in [3.05, 3.63) is 29.3 Å². The van der Waals surface area contributed by atoms with Crippen molar-refractivity contribution in [3.63, 3.8) is 0 Å². The molecule has 17 heavy (non-hydrogen) atoms. The molecule has 0 saturated carbocycles. The molecule has 0 radical (unpaired) electrons. The third kappa shape index (κ3) is 3.35. The van der Waals surface area contributed by atoms with Gasteiger partial charge in [-0.2, -0.15) is 0 Å². The highest BCUT2D eigenvalue weighted by molar-refractivity contribution is 5.47. The van der Waals surface area contributed by atoms with Crippen LogP contribution in [0.25, 0.3) is 0 Å². The van der Waals surface area contributed by atoms with Crippen LogP contribution in [0, 0.1) is 29.2 Å². The lowest BCUT2D eigenvalue weighted by molar-refractivity contribution is 0.455. The Morgan fingerprint density at radius 3 is 2.12 bits per heavy atom. The first-order chi connectivity index (χ1) is 7.97. The van der Waals surface area contributed by atoms with Crippen LogP contribution >= 0.6 is 0 Å². The summed E-state index contributed by atoms with van der Waals surface area (Å²) < 4.78 is 52.2. The van der Waals surface area contributed by atoms with Gasteiger partial charge in [-0.15, -0.1) is 0 Å². The number of anilines is 1. The molecule has 1 aromatic rings. The zero-order valence-corrected chi connectivity index (χ0v) is 9.79. The maximum atomic E-state index is 13.2. The van der Waals surface area contributed by atoms with Gasteiger partial charge in [0.05, 0.1) is 0 Å². The maximum Gasteiger partial charge on any atom is 0.185 e. The second-order valence-corrected chi connectivity index (χ2v) is 4.12. The SMILES string of the molecule is CCCC(C)CNc1c(F)c(F)cc(F)c1F. The van der Waals surface area contributed by atoms with Crippen LogP contribution in [0.3, 0.4) is 0 Å². The van der Waals surface area contributed by atoms with E-state index < -0.39 is 29.0 Å². The molecule has 0 fully saturated rings. The van der Waals surface area contributed by atoms with Gasteiger partial charge in [0.2, 0.25) is 0 Å². The van der Waals surface area contributed by atoms with Crippen LogP contribution in [0.2, 0.25) is 0 Å². The summed E-state index contributed by atoms with van der Waals surface area (Å²) in [5.41, 5.74) is -0.731. The molecule has 1 aromatic carbocycles. The van der Waals surface area contributed by atoms with Gasteiger partial charge >= 0.3 is 0 Å². The van der Waals surface area contributed by atoms with Crippen LogP contribution in [0.5, 0.6) is 0 Å². The van der Waals surface area contributed by atoms with Gasteiger partial charge in [-0.25, -0.2) is 17.6 Å². The topological polar surface area (TPSA) is 12.0 Å². The first-order valence-corrected chi connectivity index (χ1v) is 5.54. The summed E-state index contributed by atoms with van der Waals surface area (Å²) in [6.45, 7) is 4.14. The Balaban J connectivity index is 2.83. The summed E-state index contributed by atoms with van der Waals surface area (Å²) in [4.78, 5) is 0. The van der Waals surface area contributed by atoms with Gasteiger partial charge < -0.3 is 5.32 Å². The Morgan fingerprint density at radius 1 is 1.12 bits per heavy atom. The highest BCUT2D eigenvalue weighted by Crippen LogP contribution is 2.24. The lowest BCUT2D eigenvalue weighted by atomic mass is 10.1. The molecule has 1 atom stereocenters. The Bertz CT molecular complexity index is 366. The minimum atomic E-state index is -1.39. The molecule has 1 N–H and O–H groups in total. The first-order valence-electron chi connectivity index (χ1n) is 5.54. The van der Waals surface area contributed by atoms with E-state index in [1.165, 1.54) is 0 Å². The molecule has 0 spiro atoms. The van der Waals surface area contributed by atoms with Crippen molar-refractivity contribution in [3.8, 4) is 0 Å². The van der Waals surface area contributed by atoms with Gasteiger partial charge in [-0.3, -0.25) is 0 Å². The number of rotatable bonds is 5. The van der Waals surface area contributed by atoms with Crippen LogP contribution in [0.4, 0.5) is 23.2 Å². The highest BCUT2D eigenvalue weighted by Gasteiger charge is 2.19. The smallest absolute Gasteiger partial charge is 0.185 e. The van der Waals surface area contributed by atoms with Crippen LogP contribution < -0.4 is 5.32 Å². The average molecular weight is 249 g/mol. The van der Waals surface area contributed by atoms with Gasteiger partial charge in [0.25, 0.3) is 0 Å². The minimum Gasteiger partial charge on any atom is -0.380 e. The molecule has 1 nitrogen and oxygen atoms in total. The fourth-order valence-electron chi connectivity index (χ4n) is 1.60. The Morgan fingerprint density at radius 2 is 1.65 bits per heavy atom.